The van der Waals surface area contributed by atoms with E-state index in [1.165, 1.54) is 45.2 Å². The molecule has 8 rings (SSSR count). The number of fused-ring (bicyclic) bond motifs is 5. The molecule has 0 saturated carbocycles. The highest BCUT2D eigenvalue weighted by Gasteiger charge is 2.28. The number of thiophene rings is 3. The molecule has 47 heavy (non-hydrogen) atoms. The van der Waals surface area contributed by atoms with Gasteiger partial charge in [0, 0.05) is 96.5 Å². The Labute approximate surface area is 286 Å². The van der Waals surface area contributed by atoms with E-state index in [-0.39, 0.29) is 18.1 Å². The molecule has 0 radical (unpaired) electrons. The van der Waals surface area contributed by atoms with Crippen LogP contribution in [0, 0.1) is 18.3 Å². The number of ether oxygens (including phenoxy) is 1. The molecule has 0 fully saturated rings. The quantitative estimate of drug-likeness (QED) is 0.189. The van der Waals surface area contributed by atoms with Gasteiger partial charge in [-0.25, -0.2) is 0 Å². The second kappa shape index (κ2) is 10.9. The number of pyridine rings is 1. The first-order chi connectivity index (χ1) is 22.4. The number of aromatic nitrogens is 1. The number of nitrogens with zero attached hydrogens (tertiary/aromatic N) is 2. The van der Waals surface area contributed by atoms with Crippen molar-refractivity contribution in [3.8, 4) is 10.4 Å². The maximum absolute atomic E-state index is 14.2. The SMILES string of the molecule is CC(=N)c1c(-c2cc3cc4c(cc3s2)sc2cc3sc(C(C)(C)C)cc3cc24)cc2c3c(cnc(C)c13)COCN(CC(C)C)C2=O. The minimum absolute atomic E-state index is 0.0341. The summed E-state index contributed by atoms with van der Waals surface area (Å²) in [4.78, 5) is 23.3. The zero-order valence-electron chi connectivity index (χ0n) is 27.8. The lowest BCUT2D eigenvalue weighted by Gasteiger charge is -2.29. The number of rotatable bonds is 4. The summed E-state index contributed by atoms with van der Waals surface area (Å²) in [7, 11) is 0. The molecule has 1 amide bonds. The Morgan fingerprint density at radius 1 is 0.915 bits per heavy atom. The molecule has 0 atom stereocenters. The third-order valence-corrected chi connectivity index (χ3v) is 12.9. The van der Waals surface area contributed by atoms with Gasteiger partial charge >= 0.3 is 0 Å². The minimum atomic E-state index is -0.0341. The Morgan fingerprint density at radius 2 is 1.60 bits per heavy atom. The van der Waals surface area contributed by atoms with Gasteiger partial charge in [-0.2, -0.15) is 0 Å². The summed E-state index contributed by atoms with van der Waals surface area (Å²) in [6.45, 7) is 16.1. The van der Waals surface area contributed by atoms with Gasteiger partial charge < -0.3 is 15.0 Å². The summed E-state index contributed by atoms with van der Waals surface area (Å²) in [6.07, 6.45) is 1.83. The van der Waals surface area contributed by atoms with Crippen molar-refractivity contribution >= 4 is 96.7 Å². The largest absolute Gasteiger partial charge is 0.356 e. The number of hydrogen-bond donors (Lipinski definition) is 1. The molecule has 238 valence electrons. The molecule has 7 aromatic rings. The van der Waals surface area contributed by atoms with Crippen molar-refractivity contribution in [3.63, 3.8) is 0 Å². The predicted molar refractivity (Wildman–Crippen MR) is 202 cm³/mol. The third kappa shape index (κ3) is 5.00. The Bertz CT molecular complexity index is 2460. The van der Waals surface area contributed by atoms with Crippen molar-refractivity contribution < 1.29 is 9.53 Å². The van der Waals surface area contributed by atoms with E-state index in [2.05, 4.69) is 71.0 Å². The molecule has 1 aliphatic rings. The number of carbonyl (C=O) groups is 1. The van der Waals surface area contributed by atoms with E-state index < -0.39 is 0 Å². The van der Waals surface area contributed by atoms with E-state index in [0.717, 1.165) is 38.0 Å². The van der Waals surface area contributed by atoms with E-state index >= 15 is 0 Å². The monoisotopic (exact) mass is 675 g/mol. The topological polar surface area (TPSA) is 66.3 Å². The van der Waals surface area contributed by atoms with Crippen LogP contribution in [0.15, 0.2) is 48.7 Å². The first-order valence-electron chi connectivity index (χ1n) is 16.1. The van der Waals surface area contributed by atoms with E-state index in [9.17, 15) is 4.79 Å². The first-order valence-corrected chi connectivity index (χ1v) is 18.5. The van der Waals surface area contributed by atoms with E-state index in [0.29, 0.717) is 30.3 Å². The fraction of sp³-hybridized carbons (Fsp3) is 0.308. The third-order valence-electron chi connectivity index (χ3n) is 9.16. The van der Waals surface area contributed by atoms with Crippen LogP contribution >= 0.6 is 34.0 Å². The molecule has 5 heterocycles. The summed E-state index contributed by atoms with van der Waals surface area (Å²) >= 11 is 5.50. The van der Waals surface area contributed by atoms with Crippen LogP contribution in [0.4, 0.5) is 0 Å². The molecule has 5 nitrogen and oxygen atoms in total. The van der Waals surface area contributed by atoms with Crippen molar-refractivity contribution in [1.29, 1.82) is 5.41 Å². The standard InChI is InChI=1S/C39H37N3O2S3/c1-19(2)16-42-18-44-17-24-15-41-21(4)36-35(20(3)40)27(12-28(37(24)36)38(42)43)31-10-22-8-25-26-9-23-11-34(39(5,6)7)47-30(23)14-33(26)46-32(25)13-29(22)45-31/h8-15,19,40H,16-18H2,1-7H3. The second-order valence-electron chi connectivity index (χ2n) is 14.3. The van der Waals surface area contributed by atoms with Gasteiger partial charge in [-0.1, -0.05) is 34.6 Å². The summed E-state index contributed by atoms with van der Waals surface area (Å²) in [6, 6.07) is 16.1. The van der Waals surface area contributed by atoms with E-state index in [4.69, 9.17) is 15.1 Å². The summed E-state index contributed by atoms with van der Waals surface area (Å²) < 4.78 is 11.2. The number of hydrogen-bond acceptors (Lipinski definition) is 7. The molecule has 4 aromatic heterocycles. The highest BCUT2D eigenvalue weighted by molar-refractivity contribution is 7.27. The molecular formula is C39H37N3O2S3. The second-order valence-corrected chi connectivity index (χ2v) is 17.6. The highest BCUT2D eigenvalue weighted by Crippen LogP contribution is 2.46. The van der Waals surface area contributed by atoms with Gasteiger partial charge in [0.2, 0.25) is 0 Å². The van der Waals surface area contributed by atoms with Crippen LogP contribution in [0.2, 0.25) is 0 Å². The zero-order valence-corrected chi connectivity index (χ0v) is 30.2. The van der Waals surface area contributed by atoms with Crippen LogP contribution < -0.4 is 0 Å². The average molecular weight is 676 g/mol. The Kier molecular flexibility index (Phi) is 7.12. The zero-order chi connectivity index (χ0) is 32.9. The normalized spacial score (nSPS) is 14.4. The van der Waals surface area contributed by atoms with E-state index in [1.54, 1.807) is 11.3 Å². The Morgan fingerprint density at radius 3 is 2.26 bits per heavy atom. The van der Waals surface area contributed by atoms with Crippen LogP contribution in [0.1, 0.15) is 73.6 Å². The lowest BCUT2D eigenvalue weighted by molar-refractivity contribution is 0.0126. The van der Waals surface area contributed by atoms with Gasteiger partial charge in [0.05, 0.1) is 6.61 Å². The number of amides is 1. The molecule has 0 bridgehead atoms. The lowest BCUT2D eigenvalue weighted by atomic mass is 9.88. The average Bonchev–Trinajstić information content (AvgIpc) is 3.71. The lowest BCUT2D eigenvalue weighted by Crippen LogP contribution is -2.37. The maximum atomic E-state index is 14.2. The fourth-order valence-corrected chi connectivity index (χ4v) is 10.5. The molecule has 3 aromatic carbocycles. The number of aryl methyl sites for hydroxylation is 1. The van der Waals surface area contributed by atoms with Gasteiger partial charge in [0.15, 0.2) is 0 Å². The number of carbonyl (C=O) groups excluding carboxylic acids is 1. The maximum Gasteiger partial charge on any atom is 0.256 e. The van der Waals surface area contributed by atoms with Crippen LogP contribution in [0.3, 0.4) is 0 Å². The van der Waals surface area contributed by atoms with Gasteiger partial charge in [0.25, 0.3) is 5.91 Å². The molecule has 1 aliphatic heterocycles. The van der Waals surface area contributed by atoms with Crippen molar-refractivity contribution in [2.75, 3.05) is 13.3 Å². The Hall–Kier alpha value is -3.69. The molecule has 8 heteroatoms. The molecule has 0 aliphatic carbocycles. The summed E-state index contributed by atoms with van der Waals surface area (Å²) in [5, 5.41) is 15.8. The smallest absolute Gasteiger partial charge is 0.256 e. The predicted octanol–water partition coefficient (Wildman–Crippen LogP) is 11.3. The van der Waals surface area contributed by atoms with Crippen molar-refractivity contribution in [3.05, 3.63) is 75.9 Å². The van der Waals surface area contributed by atoms with Gasteiger partial charge in [-0.3, -0.25) is 9.78 Å². The van der Waals surface area contributed by atoms with Crippen molar-refractivity contribution in [2.24, 2.45) is 5.92 Å². The molecular weight excluding hydrogens is 639 g/mol. The van der Waals surface area contributed by atoms with Crippen molar-refractivity contribution in [1.82, 2.24) is 9.88 Å². The fourth-order valence-electron chi connectivity index (χ4n) is 6.96. The van der Waals surface area contributed by atoms with Gasteiger partial charge in [-0.15, -0.1) is 34.0 Å². The molecule has 1 N–H and O–H groups in total. The first kappa shape index (κ1) is 30.6. The van der Waals surface area contributed by atoms with Crippen LogP contribution in [0.5, 0.6) is 0 Å². The van der Waals surface area contributed by atoms with Crippen molar-refractivity contribution in [2.45, 2.75) is 60.5 Å². The van der Waals surface area contributed by atoms with Crippen LogP contribution in [-0.4, -0.2) is 34.8 Å². The Balaban J connectivity index is 1.34. The highest BCUT2D eigenvalue weighted by atomic mass is 32.1. The summed E-state index contributed by atoms with van der Waals surface area (Å²) in [5.41, 5.74) is 4.74. The summed E-state index contributed by atoms with van der Waals surface area (Å²) in [5.74, 6) is 0.274. The number of benzene rings is 3. The number of nitrogens with one attached hydrogen (secondary N) is 1. The van der Waals surface area contributed by atoms with Crippen LogP contribution in [0.25, 0.3) is 61.6 Å². The van der Waals surface area contributed by atoms with Gasteiger partial charge in [0.1, 0.15) is 6.73 Å². The van der Waals surface area contributed by atoms with Gasteiger partial charge in [-0.05, 0) is 78.4 Å². The molecule has 0 spiro atoms. The van der Waals surface area contributed by atoms with E-state index in [1.807, 2.05) is 53.7 Å². The molecule has 0 saturated heterocycles. The minimum Gasteiger partial charge on any atom is -0.356 e. The van der Waals surface area contributed by atoms with Crippen LogP contribution in [-0.2, 0) is 16.8 Å². The molecule has 0 unspecified atom stereocenters.